The molecule has 1 aromatic rings. The van der Waals surface area contributed by atoms with Gasteiger partial charge in [-0.05, 0) is 50.6 Å². The molecule has 4 rings (SSSR count). The Balaban J connectivity index is 1.77. The summed E-state index contributed by atoms with van der Waals surface area (Å²) in [6.45, 7) is 1.59. The van der Waals surface area contributed by atoms with Gasteiger partial charge in [-0.25, -0.2) is 0 Å². The van der Waals surface area contributed by atoms with Gasteiger partial charge < -0.3 is 14.4 Å². The largest absolute Gasteiger partial charge is 0.454 e. The van der Waals surface area contributed by atoms with Crippen LogP contribution in [0.1, 0.15) is 37.7 Å². The van der Waals surface area contributed by atoms with Crippen LogP contribution in [-0.2, 0) is 5.41 Å². The lowest BCUT2D eigenvalue weighted by Gasteiger charge is -2.41. The number of benzene rings is 1. The Morgan fingerprint density at radius 2 is 2.05 bits per heavy atom. The zero-order valence-electron chi connectivity index (χ0n) is 11.5. The van der Waals surface area contributed by atoms with Crippen LogP contribution in [0, 0.1) is 0 Å². The lowest BCUT2D eigenvalue weighted by Crippen LogP contribution is -2.43. The van der Waals surface area contributed by atoms with Crippen molar-refractivity contribution >= 4 is 0 Å². The third-order valence-corrected chi connectivity index (χ3v) is 5.38. The van der Waals surface area contributed by atoms with Crippen LogP contribution < -0.4 is 9.47 Å². The first-order valence-electron chi connectivity index (χ1n) is 7.40. The number of likely N-dealkylation sites (N-methyl/N-ethyl adjacent to an activating group) is 1. The van der Waals surface area contributed by atoms with E-state index in [1.54, 1.807) is 0 Å². The van der Waals surface area contributed by atoms with Crippen LogP contribution in [0.2, 0.25) is 0 Å². The van der Waals surface area contributed by atoms with Crippen molar-refractivity contribution in [3.8, 4) is 11.5 Å². The van der Waals surface area contributed by atoms with Crippen molar-refractivity contribution in [1.29, 1.82) is 0 Å². The molecule has 0 N–H and O–H groups in total. The highest BCUT2D eigenvalue weighted by Crippen LogP contribution is 2.50. The van der Waals surface area contributed by atoms with E-state index in [0.29, 0.717) is 18.2 Å². The summed E-state index contributed by atoms with van der Waals surface area (Å²) in [5.74, 6) is 1.84. The van der Waals surface area contributed by atoms with Crippen molar-refractivity contribution in [2.75, 3.05) is 20.4 Å². The Hall–Kier alpha value is -1.22. The molecule has 19 heavy (non-hydrogen) atoms. The van der Waals surface area contributed by atoms with Gasteiger partial charge in [0.15, 0.2) is 11.5 Å². The van der Waals surface area contributed by atoms with E-state index >= 15 is 0 Å². The lowest BCUT2D eigenvalue weighted by molar-refractivity contribution is 0.172. The van der Waals surface area contributed by atoms with Crippen molar-refractivity contribution in [3.05, 3.63) is 23.8 Å². The Kier molecular flexibility index (Phi) is 2.52. The molecule has 1 saturated heterocycles. The number of rotatable bonds is 1. The van der Waals surface area contributed by atoms with E-state index in [1.807, 2.05) is 0 Å². The fourth-order valence-electron chi connectivity index (χ4n) is 4.37. The van der Waals surface area contributed by atoms with Gasteiger partial charge in [-0.1, -0.05) is 18.9 Å². The zero-order valence-corrected chi connectivity index (χ0v) is 11.5. The molecule has 0 radical (unpaired) electrons. The van der Waals surface area contributed by atoms with Crippen LogP contribution in [0.3, 0.4) is 0 Å². The van der Waals surface area contributed by atoms with E-state index in [0.717, 1.165) is 11.5 Å². The minimum absolute atomic E-state index is 0.355. The first-order chi connectivity index (χ1) is 9.29. The molecule has 2 aliphatic heterocycles. The first-order valence-corrected chi connectivity index (χ1v) is 7.40. The predicted octanol–water partition coefficient (Wildman–Crippen LogP) is 2.93. The number of likely N-dealkylation sites (tertiary alicyclic amines) is 1. The molecule has 1 saturated carbocycles. The van der Waals surface area contributed by atoms with Crippen LogP contribution in [0.15, 0.2) is 18.2 Å². The van der Waals surface area contributed by atoms with Crippen molar-refractivity contribution in [2.24, 2.45) is 0 Å². The Bertz CT molecular complexity index is 498. The van der Waals surface area contributed by atoms with Crippen molar-refractivity contribution in [2.45, 2.75) is 43.6 Å². The molecular weight excluding hydrogens is 238 g/mol. The van der Waals surface area contributed by atoms with Crippen LogP contribution in [0.25, 0.3) is 0 Å². The molecule has 3 nitrogen and oxygen atoms in total. The van der Waals surface area contributed by atoms with E-state index in [2.05, 4.69) is 30.1 Å². The number of nitrogens with zero attached hydrogens (tertiary/aromatic N) is 1. The molecule has 1 aliphatic carbocycles. The molecule has 3 heteroatoms. The maximum Gasteiger partial charge on any atom is 0.231 e. The van der Waals surface area contributed by atoms with Crippen LogP contribution >= 0.6 is 0 Å². The first kappa shape index (κ1) is 11.6. The van der Waals surface area contributed by atoms with Crippen LogP contribution in [0.4, 0.5) is 0 Å². The summed E-state index contributed by atoms with van der Waals surface area (Å²) >= 11 is 0. The van der Waals surface area contributed by atoms with Gasteiger partial charge in [0.05, 0.1) is 0 Å². The summed E-state index contributed by atoms with van der Waals surface area (Å²) in [5, 5.41) is 0. The van der Waals surface area contributed by atoms with E-state index in [1.165, 1.54) is 44.2 Å². The summed E-state index contributed by atoms with van der Waals surface area (Å²) in [6, 6.07) is 7.31. The summed E-state index contributed by atoms with van der Waals surface area (Å²) in [5.41, 5.74) is 1.82. The molecule has 0 amide bonds. The lowest BCUT2D eigenvalue weighted by atomic mass is 9.66. The van der Waals surface area contributed by atoms with E-state index in [-0.39, 0.29) is 0 Å². The maximum atomic E-state index is 5.57. The van der Waals surface area contributed by atoms with Crippen LogP contribution in [0.5, 0.6) is 11.5 Å². The molecule has 2 heterocycles. The summed E-state index contributed by atoms with van der Waals surface area (Å²) in [4.78, 5) is 2.56. The maximum absolute atomic E-state index is 5.57. The average molecular weight is 259 g/mol. The van der Waals surface area contributed by atoms with Gasteiger partial charge in [-0.15, -0.1) is 0 Å². The zero-order chi connectivity index (χ0) is 12.9. The molecule has 2 atom stereocenters. The van der Waals surface area contributed by atoms with Crippen LogP contribution in [-0.4, -0.2) is 31.3 Å². The molecule has 0 aromatic heterocycles. The molecule has 0 unspecified atom stereocenters. The van der Waals surface area contributed by atoms with E-state index < -0.39 is 0 Å². The summed E-state index contributed by atoms with van der Waals surface area (Å²) < 4.78 is 11.0. The molecular formula is C16H21NO2. The highest BCUT2D eigenvalue weighted by atomic mass is 16.7. The van der Waals surface area contributed by atoms with Gasteiger partial charge in [0, 0.05) is 11.5 Å². The topological polar surface area (TPSA) is 21.7 Å². The van der Waals surface area contributed by atoms with Crippen molar-refractivity contribution in [1.82, 2.24) is 4.90 Å². The second-order valence-electron chi connectivity index (χ2n) is 6.22. The molecule has 3 aliphatic rings. The van der Waals surface area contributed by atoms with Gasteiger partial charge in [-0.2, -0.15) is 0 Å². The number of fused-ring (bicyclic) bond motifs is 2. The SMILES string of the molecule is CN1CC[C@]2(c3ccc4c(c3)OCO4)CCCC[C@H]12. The minimum atomic E-state index is 0.355. The number of hydrogen-bond donors (Lipinski definition) is 0. The second kappa shape index (κ2) is 4.14. The van der Waals surface area contributed by atoms with Crippen molar-refractivity contribution in [3.63, 3.8) is 0 Å². The molecule has 2 fully saturated rings. The fraction of sp³-hybridized carbons (Fsp3) is 0.625. The standard InChI is InChI=1S/C16H21NO2/c1-17-9-8-16(7-3-2-4-15(16)17)12-5-6-13-14(10-12)19-11-18-13/h5-6,10,15H,2-4,7-9,11H2,1H3/t15-,16-/m0/s1. The highest BCUT2D eigenvalue weighted by Gasteiger charge is 2.48. The average Bonchev–Trinajstić information content (AvgIpc) is 3.04. The van der Waals surface area contributed by atoms with Gasteiger partial charge in [0.25, 0.3) is 0 Å². The molecule has 0 spiro atoms. The third kappa shape index (κ3) is 1.61. The predicted molar refractivity (Wildman–Crippen MR) is 73.7 cm³/mol. The number of ether oxygens (including phenoxy) is 2. The summed E-state index contributed by atoms with van der Waals surface area (Å²) in [7, 11) is 2.28. The highest BCUT2D eigenvalue weighted by molar-refractivity contribution is 5.47. The Labute approximate surface area is 114 Å². The van der Waals surface area contributed by atoms with Gasteiger partial charge in [0.2, 0.25) is 6.79 Å². The quantitative estimate of drug-likeness (QED) is 0.774. The molecule has 102 valence electrons. The summed E-state index contributed by atoms with van der Waals surface area (Å²) in [6.07, 6.45) is 6.68. The van der Waals surface area contributed by atoms with E-state index in [4.69, 9.17) is 9.47 Å². The van der Waals surface area contributed by atoms with Gasteiger partial charge in [0.1, 0.15) is 0 Å². The van der Waals surface area contributed by atoms with Gasteiger partial charge in [-0.3, -0.25) is 0 Å². The molecule has 1 aromatic carbocycles. The van der Waals surface area contributed by atoms with E-state index in [9.17, 15) is 0 Å². The minimum Gasteiger partial charge on any atom is -0.454 e. The third-order valence-electron chi connectivity index (χ3n) is 5.38. The van der Waals surface area contributed by atoms with Crippen molar-refractivity contribution < 1.29 is 9.47 Å². The Morgan fingerprint density at radius 3 is 3.00 bits per heavy atom. The number of hydrogen-bond acceptors (Lipinski definition) is 3. The molecule has 0 bridgehead atoms. The fourth-order valence-corrected chi connectivity index (χ4v) is 4.37. The smallest absolute Gasteiger partial charge is 0.231 e. The second-order valence-corrected chi connectivity index (χ2v) is 6.22. The normalized spacial score (nSPS) is 33.4. The Morgan fingerprint density at radius 1 is 1.16 bits per heavy atom. The monoisotopic (exact) mass is 259 g/mol. The van der Waals surface area contributed by atoms with Gasteiger partial charge >= 0.3 is 0 Å².